The van der Waals surface area contributed by atoms with E-state index in [-0.39, 0.29) is 17.5 Å². The molecule has 4 aromatic rings. The number of imidazole rings is 1. The molecule has 30 heavy (non-hydrogen) atoms. The summed E-state index contributed by atoms with van der Waals surface area (Å²) < 4.78 is 30.9. The molecule has 0 unspecified atom stereocenters. The summed E-state index contributed by atoms with van der Waals surface area (Å²) in [4.78, 5) is 13.4. The highest BCUT2D eigenvalue weighted by molar-refractivity contribution is 5.80. The van der Waals surface area contributed by atoms with Crippen molar-refractivity contribution in [3.63, 3.8) is 0 Å². The number of benzene rings is 2. The molecule has 9 heteroatoms. The smallest absolute Gasteiger partial charge is 0.387 e. The molecule has 7 nitrogen and oxygen atoms in total. The van der Waals surface area contributed by atoms with Crippen molar-refractivity contribution in [2.24, 2.45) is 0 Å². The zero-order valence-electron chi connectivity index (χ0n) is 16.6. The average molecular weight is 410 g/mol. The number of nitrogens with zero attached hydrogens (tertiary/aromatic N) is 4. The van der Waals surface area contributed by atoms with E-state index in [4.69, 9.17) is 5.73 Å². The van der Waals surface area contributed by atoms with Gasteiger partial charge in [0, 0.05) is 11.8 Å². The zero-order valence-corrected chi connectivity index (χ0v) is 16.6. The minimum Gasteiger partial charge on any atom is -0.435 e. The Morgan fingerprint density at radius 1 is 0.967 bits per heavy atom. The first kappa shape index (κ1) is 19.6. The quantitative estimate of drug-likeness (QED) is 0.497. The summed E-state index contributed by atoms with van der Waals surface area (Å²) in [6, 6.07) is 11.8. The van der Waals surface area contributed by atoms with E-state index in [1.54, 1.807) is 18.2 Å². The van der Waals surface area contributed by atoms with E-state index in [0.717, 1.165) is 28.0 Å². The number of ether oxygens (including phenoxy) is 1. The van der Waals surface area contributed by atoms with Crippen LogP contribution in [0.3, 0.4) is 0 Å². The molecule has 0 aliphatic rings. The van der Waals surface area contributed by atoms with Crippen LogP contribution in [-0.4, -0.2) is 26.1 Å². The summed E-state index contributed by atoms with van der Waals surface area (Å²) in [5, 5.41) is 3.04. The number of hydrogen-bond donors (Lipinski definition) is 2. The number of nitrogen functional groups attached to an aromatic ring is 1. The van der Waals surface area contributed by atoms with Gasteiger partial charge in [0.2, 0.25) is 5.95 Å². The van der Waals surface area contributed by atoms with Gasteiger partial charge < -0.3 is 15.8 Å². The molecule has 0 saturated carbocycles. The second kappa shape index (κ2) is 7.58. The molecular formula is C21H20F2N6O. The molecule has 0 saturated heterocycles. The second-order valence-electron chi connectivity index (χ2n) is 6.92. The van der Waals surface area contributed by atoms with Gasteiger partial charge in [-0.3, -0.25) is 4.57 Å². The lowest BCUT2D eigenvalue weighted by Gasteiger charge is -2.11. The Morgan fingerprint density at radius 3 is 2.37 bits per heavy atom. The maximum absolute atomic E-state index is 12.3. The van der Waals surface area contributed by atoms with Crippen LogP contribution >= 0.6 is 0 Å². The molecule has 154 valence electrons. The number of aryl methyl sites for hydroxylation is 3. The lowest BCUT2D eigenvalue weighted by atomic mass is 10.1. The summed E-state index contributed by atoms with van der Waals surface area (Å²) in [5.41, 5.74) is 10.7. The third-order valence-corrected chi connectivity index (χ3v) is 4.73. The number of alkyl halides is 2. The highest BCUT2D eigenvalue weighted by Gasteiger charge is 2.14. The van der Waals surface area contributed by atoms with Crippen LogP contribution in [0.4, 0.5) is 26.2 Å². The van der Waals surface area contributed by atoms with Crippen molar-refractivity contribution in [2.75, 3.05) is 11.1 Å². The van der Waals surface area contributed by atoms with Crippen molar-refractivity contribution >= 4 is 28.5 Å². The normalized spacial score (nSPS) is 11.3. The molecule has 0 amide bonds. The van der Waals surface area contributed by atoms with Crippen LogP contribution in [0, 0.1) is 20.8 Å². The highest BCUT2D eigenvalue weighted by atomic mass is 19.3. The molecule has 0 radical (unpaired) electrons. The second-order valence-corrected chi connectivity index (χ2v) is 6.92. The third kappa shape index (κ3) is 3.86. The third-order valence-electron chi connectivity index (χ3n) is 4.73. The number of fused-ring (bicyclic) bond motifs is 1. The Labute approximate surface area is 171 Å². The Kier molecular flexibility index (Phi) is 4.94. The SMILES string of the molecule is Cc1cc2nc(C)n(-c3cc(N)nc(Nc4ccc(OC(F)F)cc4)n3)c2cc1C. The van der Waals surface area contributed by atoms with Crippen molar-refractivity contribution in [3.05, 3.63) is 59.4 Å². The first-order valence-electron chi connectivity index (χ1n) is 9.23. The van der Waals surface area contributed by atoms with E-state index in [0.29, 0.717) is 11.5 Å². The van der Waals surface area contributed by atoms with Gasteiger partial charge in [-0.1, -0.05) is 0 Å². The maximum atomic E-state index is 12.3. The Morgan fingerprint density at radius 2 is 1.67 bits per heavy atom. The topological polar surface area (TPSA) is 90.9 Å². The van der Waals surface area contributed by atoms with Crippen LogP contribution in [0.25, 0.3) is 16.9 Å². The number of hydrogen-bond acceptors (Lipinski definition) is 6. The molecule has 0 spiro atoms. The predicted molar refractivity (Wildman–Crippen MR) is 112 cm³/mol. The fourth-order valence-corrected chi connectivity index (χ4v) is 3.21. The predicted octanol–water partition coefficient (Wildman–Crippen LogP) is 4.67. The lowest BCUT2D eigenvalue weighted by Crippen LogP contribution is -2.07. The molecule has 0 bridgehead atoms. The molecule has 0 fully saturated rings. The largest absolute Gasteiger partial charge is 0.435 e. The van der Waals surface area contributed by atoms with Crippen LogP contribution in [0.2, 0.25) is 0 Å². The van der Waals surface area contributed by atoms with Gasteiger partial charge in [0.25, 0.3) is 0 Å². The van der Waals surface area contributed by atoms with Crippen molar-refractivity contribution in [3.8, 4) is 11.6 Å². The number of halogens is 2. The van der Waals surface area contributed by atoms with Crippen molar-refractivity contribution in [1.29, 1.82) is 0 Å². The van der Waals surface area contributed by atoms with Crippen LogP contribution < -0.4 is 15.8 Å². The minimum atomic E-state index is -2.87. The van der Waals surface area contributed by atoms with E-state index in [1.165, 1.54) is 12.1 Å². The summed E-state index contributed by atoms with van der Waals surface area (Å²) in [5.74, 6) is 1.97. The van der Waals surface area contributed by atoms with E-state index < -0.39 is 6.61 Å². The molecule has 4 rings (SSSR count). The van der Waals surface area contributed by atoms with Gasteiger partial charge in [0.05, 0.1) is 11.0 Å². The van der Waals surface area contributed by atoms with Crippen LogP contribution in [0.15, 0.2) is 42.5 Å². The van der Waals surface area contributed by atoms with Crippen molar-refractivity contribution in [1.82, 2.24) is 19.5 Å². The summed E-state index contributed by atoms with van der Waals surface area (Å²) >= 11 is 0. The fourth-order valence-electron chi connectivity index (χ4n) is 3.21. The number of aromatic nitrogens is 4. The monoisotopic (exact) mass is 410 g/mol. The average Bonchev–Trinajstić information content (AvgIpc) is 2.97. The molecule has 2 aromatic carbocycles. The number of nitrogens with two attached hydrogens (primary N) is 1. The van der Waals surface area contributed by atoms with Crippen LogP contribution in [0.5, 0.6) is 5.75 Å². The summed E-state index contributed by atoms with van der Waals surface area (Å²) in [6.07, 6.45) is 0. The first-order valence-corrected chi connectivity index (χ1v) is 9.23. The van der Waals surface area contributed by atoms with Crippen LogP contribution in [0.1, 0.15) is 17.0 Å². The molecule has 3 N–H and O–H groups in total. The number of rotatable bonds is 5. The Bertz CT molecular complexity index is 1220. The van der Waals surface area contributed by atoms with Gasteiger partial charge in [0.15, 0.2) is 0 Å². The molecule has 0 aliphatic carbocycles. The number of anilines is 3. The lowest BCUT2D eigenvalue weighted by molar-refractivity contribution is -0.0498. The zero-order chi connectivity index (χ0) is 21.4. The maximum Gasteiger partial charge on any atom is 0.387 e. The van der Waals surface area contributed by atoms with E-state index in [9.17, 15) is 8.78 Å². The fraction of sp³-hybridized carbons (Fsp3) is 0.190. The van der Waals surface area contributed by atoms with Gasteiger partial charge >= 0.3 is 6.61 Å². The van der Waals surface area contributed by atoms with Crippen LogP contribution in [-0.2, 0) is 0 Å². The van der Waals surface area contributed by atoms with Crippen molar-refractivity contribution in [2.45, 2.75) is 27.4 Å². The Hall–Kier alpha value is -3.75. The van der Waals surface area contributed by atoms with Gasteiger partial charge in [-0.15, -0.1) is 0 Å². The Balaban J connectivity index is 1.70. The molecule has 2 heterocycles. The van der Waals surface area contributed by atoms with Gasteiger partial charge in [-0.25, -0.2) is 4.98 Å². The molecule has 0 atom stereocenters. The van der Waals surface area contributed by atoms with E-state index in [2.05, 4.69) is 31.1 Å². The van der Waals surface area contributed by atoms with Crippen molar-refractivity contribution < 1.29 is 13.5 Å². The standard InChI is InChI=1S/C21H20F2N6O/c1-11-8-16-17(9-12(11)2)29(13(3)25-16)19-10-18(24)27-21(28-19)26-14-4-6-15(7-5-14)30-20(22)23/h4-10,20H,1-3H3,(H3,24,26,27,28). The minimum absolute atomic E-state index is 0.0657. The number of nitrogens with one attached hydrogen (secondary N) is 1. The molecule has 2 aromatic heterocycles. The van der Waals surface area contributed by atoms with E-state index in [1.807, 2.05) is 31.4 Å². The molecular weight excluding hydrogens is 390 g/mol. The van der Waals surface area contributed by atoms with Gasteiger partial charge in [-0.2, -0.15) is 18.7 Å². The van der Waals surface area contributed by atoms with Gasteiger partial charge in [-0.05, 0) is 68.3 Å². The molecule has 0 aliphatic heterocycles. The van der Waals surface area contributed by atoms with Gasteiger partial charge in [0.1, 0.15) is 23.2 Å². The first-order chi connectivity index (χ1) is 14.3. The van der Waals surface area contributed by atoms with E-state index >= 15 is 0 Å². The highest BCUT2D eigenvalue weighted by Crippen LogP contribution is 2.26. The summed E-state index contributed by atoms with van der Waals surface area (Å²) in [6.45, 7) is 3.12. The summed E-state index contributed by atoms with van der Waals surface area (Å²) in [7, 11) is 0.